The lowest BCUT2D eigenvalue weighted by molar-refractivity contribution is 0.0440. The number of hydrogen-bond acceptors (Lipinski definition) is 3. The molecule has 0 radical (unpaired) electrons. The van der Waals surface area contributed by atoms with E-state index in [-0.39, 0.29) is 0 Å². The van der Waals surface area contributed by atoms with Gasteiger partial charge < -0.3 is 5.11 Å². The minimum atomic E-state index is 0.437. The van der Waals surface area contributed by atoms with E-state index in [1.807, 2.05) is 44.2 Å². The van der Waals surface area contributed by atoms with Gasteiger partial charge in [0.05, 0.1) is 6.61 Å². The zero-order valence-corrected chi connectivity index (χ0v) is 15.9. The molecule has 3 heteroatoms. The second-order valence-electron chi connectivity index (χ2n) is 5.40. The Labute approximate surface area is 152 Å². The van der Waals surface area contributed by atoms with E-state index in [2.05, 4.69) is 36.7 Å². The third kappa shape index (κ3) is 6.73. The molecule has 0 aliphatic heterocycles. The molecule has 0 amide bonds. The lowest BCUT2D eigenvalue weighted by atomic mass is 9.96. The standard InChI is InChI=1S/C10H15NO.C10H10O.C2H6/c1-3-9-6-4-5-7-10(9)8-12-11-2;11-10-7-3-5-8-4-1-2-6-9(8)10;1-2/h4-7,11H,3,8H2,1-2H3;1-2,4,6-7,11H,3,5H2;1-2H3. The van der Waals surface area contributed by atoms with Gasteiger partial charge in [-0.05, 0) is 42.0 Å². The van der Waals surface area contributed by atoms with Crippen molar-refractivity contribution in [3.63, 3.8) is 0 Å². The van der Waals surface area contributed by atoms with E-state index in [0.717, 1.165) is 24.8 Å². The number of allylic oxidation sites excluding steroid dienone is 1. The predicted molar refractivity (Wildman–Crippen MR) is 106 cm³/mol. The van der Waals surface area contributed by atoms with Crippen LogP contribution in [-0.4, -0.2) is 12.2 Å². The van der Waals surface area contributed by atoms with E-state index >= 15 is 0 Å². The molecule has 0 saturated heterocycles. The third-order valence-electron chi connectivity index (χ3n) is 3.92. The van der Waals surface area contributed by atoms with Crippen LogP contribution in [0, 0.1) is 0 Å². The molecule has 2 aromatic rings. The second kappa shape index (κ2) is 12.3. The van der Waals surface area contributed by atoms with Gasteiger partial charge in [0.15, 0.2) is 0 Å². The highest BCUT2D eigenvalue weighted by atomic mass is 16.6. The first-order valence-corrected chi connectivity index (χ1v) is 9.09. The first-order valence-electron chi connectivity index (χ1n) is 9.09. The molecule has 3 rings (SSSR count). The van der Waals surface area contributed by atoms with E-state index in [1.54, 1.807) is 7.05 Å². The van der Waals surface area contributed by atoms with Crippen LogP contribution in [0.3, 0.4) is 0 Å². The molecule has 0 fully saturated rings. The Kier molecular flexibility index (Phi) is 10.3. The number of nitrogens with one attached hydrogen (secondary N) is 1. The maximum absolute atomic E-state index is 9.42. The summed E-state index contributed by atoms with van der Waals surface area (Å²) in [6.45, 7) is 6.79. The van der Waals surface area contributed by atoms with Crippen LogP contribution in [0.4, 0.5) is 0 Å². The van der Waals surface area contributed by atoms with E-state index < -0.39 is 0 Å². The van der Waals surface area contributed by atoms with Crippen molar-refractivity contribution < 1.29 is 9.94 Å². The number of benzene rings is 2. The highest BCUT2D eigenvalue weighted by Gasteiger charge is 2.09. The zero-order chi connectivity index (χ0) is 18.5. The molecule has 0 unspecified atom stereocenters. The Morgan fingerprint density at radius 1 is 1.00 bits per heavy atom. The minimum Gasteiger partial charge on any atom is -0.508 e. The number of hydroxylamine groups is 1. The summed E-state index contributed by atoms with van der Waals surface area (Å²) in [5, 5.41) is 9.42. The Balaban J connectivity index is 0.000000228. The average molecular weight is 341 g/mol. The Morgan fingerprint density at radius 2 is 1.64 bits per heavy atom. The van der Waals surface area contributed by atoms with Gasteiger partial charge in [-0.1, -0.05) is 69.3 Å². The van der Waals surface area contributed by atoms with Gasteiger partial charge in [0.25, 0.3) is 0 Å². The Bertz CT molecular complexity index is 650. The number of rotatable bonds is 4. The summed E-state index contributed by atoms with van der Waals surface area (Å²) in [5.74, 6) is 0.437. The fourth-order valence-electron chi connectivity index (χ4n) is 2.66. The molecular formula is C22H31NO2. The van der Waals surface area contributed by atoms with Crippen LogP contribution >= 0.6 is 0 Å². The van der Waals surface area contributed by atoms with Crippen molar-refractivity contribution in [2.75, 3.05) is 7.05 Å². The van der Waals surface area contributed by atoms with Crippen LogP contribution in [0.25, 0.3) is 5.76 Å². The van der Waals surface area contributed by atoms with E-state index in [4.69, 9.17) is 4.84 Å². The number of aryl methyl sites for hydroxylation is 2. The lowest BCUT2D eigenvalue weighted by Gasteiger charge is -2.12. The van der Waals surface area contributed by atoms with Gasteiger partial charge in [-0.15, -0.1) is 0 Å². The molecule has 3 nitrogen and oxygen atoms in total. The summed E-state index contributed by atoms with van der Waals surface area (Å²) in [7, 11) is 1.77. The Hall–Kier alpha value is -2.10. The smallest absolute Gasteiger partial charge is 0.119 e. The van der Waals surface area contributed by atoms with Crippen LogP contribution in [0.2, 0.25) is 0 Å². The van der Waals surface area contributed by atoms with E-state index in [0.29, 0.717) is 12.4 Å². The van der Waals surface area contributed by atoms with E-state index in [1.165, 1.54) is 16.7 Å². The molecule has 0 heterocycles. The van der Waals surface area contributed by atoms with E-state index in [9.17, 15) is 5.11 Å². The predicted octanol–water partition coefficient (Wildman–Crippen LogP) is 5.46. The molecule has 136 valence electrons. The molecule has 0 bridgehead atoms. The minimum absolute atomic E-state index is 0.437. The zero-order valence-electron chi connectivity index (χ0n) is 15.9. The summed E-state index contributed by atoms with van der Waals surface area (Å²) in [5.41, 5.74) is 7.54. The van der Waals surface area contributed by atoms with Gasteiger partial charge in [0.2, 0.25) is 0 Å². The highest BCUT2D eigenvalue weighted by Crippen LogP contribution is 2.23. The lowest BCUT2D eigenvalue weighted by Crippen LogP contribution is -2.07. The number of aliphatic hydroxyl groups excluding tert-OH is 1. The van der Waals surface area contributed by atoms with Gasteiger partial charge >= 0.3 is 0 Å². The average Bonchev–Trinajstić information content (AvgIpc) is 2.69. The van der Waals surface area contributed by atoms with Gasteiger partial charge in [-0.2, -0.15) is 0 Å². The maximum atomic E-state index is 9.42. The van der Waals surface area contributed by atoms with Crippen LogP contribution in [0.5, 0.6) is 0 Å². The second-order valence-corrected chi connectivity index (χ2v) is 5.40. The SMILES string of the molecule is CC.CCc1ccccc1CONC.OC1=CCCc2ccccc21. The molecule has 2 aromatic carbocycles. The van der Waals surface area contributed by atoms with Gasteiger partial charge in [-0.3, -0.25) is 4.84 Å². The monoisotopic (exact) mass is 341 g/mol. The number of hydrogen-bond donors (Lipinski definition) is 2. The summed E-state index contributed by atoms with van der Waals surface area (Å²) in [6, 6.07) is 16.3. The number of fused-ring (bicyclic) bond motifs is 1. The molecule has 0 atom stereocenters. The quantitative estimate of drug-likeness (QED) is 0.726. The van der Waals surface area contributed by atoms with Crippen molar-refractivity contribution in [2.45, 2.75) is 46.6 Å². The molecule has 1 aliphatic carbocycles. The molecule has 25 heavy (non-hydrogen) atoms. The third-order valence-corrected chi connectivity index (χ3v) is 3.92. The topological polar surface area (TPSA) is 41.5 Å². The fraction of sp³-hybridized carbons (Fsp3) is 0.364. The molecular weight excluding hydrogens is 310 g/mol. The first kappa shape index (κ1) is 20.9. The van der Waals surface area contributed by atoms with Crippen molar-refractivity contribution in [1.82, 2.24) is 5.48 Å². The molecule has 0 aromatic heterocycles. The van der Waals surface area contributed by atoms with Gasteiger partial charge in [0, 0.05) is 12.6 Å². The van der Waals surface area contributed by atoms with Crippen molar-refractivity contribution in [1.29, 1.82) is 0 Å². The number of aliphatic hydroxyl groups is 1. The molecule has 0 spiro atoms. The maximum Gasteiger partial charge on any atom is 0.119 e. The van der Waals surface area contributed by atoms with Crippen molar-refractivity contribution >= 4 is 5.76 Å². The van der Waals surface area contributed by atoms with Crippen molar-refractivity contribution in [2.24, 2.45) is 0 Å². The van der Waals surface area contributed by atoms with Gasteiger partial charge in [-0.25, -0.2) is 5.48 Å². The van der Waals surface area contributed by atoms with Crippen molar-refractivity contribution in [3.8, 4) is 0 Å². The first-order chi connectivity index (χ1) is 12.3. The Morgan fingerprint density at radius 3 is 2.28 bits per heavy atom. The highest BCUT2D eigenvalue weighted by molar-refractivity contribution is 5.63. The summed E-state index contributed by atoms with van der Waals surface area (Å²) in [6.07, 6.45) is 4.95. The van der Waals surface area contributed by atoms with Crippen LogP contribution in [0.1, 0.15) is 49.4 Å². The summed E-state index contributed by atoms with van der Waals surface area (Å²) in [4.78, 5) is 5.11. The van der Waals surface area contributed by atoms with Gasteiger partial charge in [0.1, 0.15) is 5.76 Å². The van der Waals surface area contributed by atoms with Crippen LogP contribution in [0.15, 0.2) is 54.6 Å². The molecule has 0 saturated carbocycles. The largest absolute Gasteiger partial charge is 0.508 e. The normalized spacial score (nSPS) is 11.9. The van der Waals surface area contributed by atoms with Crippen LogP contribution < -0.4 is 5.48 Å². The van der Waals surface area contributed by atoms with Crippen molar-refractivity contribution in [3.05, 3.63) is 76.9 Å². The summed E-state index contributed by atoms with van der Waals surface area (Å²) >= 11 is 0. The molecule has 1 aliphatic rings. The van der Waals surface area contributed by atoms with Crippen LogP contribution in [-0.2, 0) is 24.3 Å². The fourth-order valence-corrected chi connectivity index (χ4v) is 2.66. The summed E-state index contributed by atoms with van der Waals surface area (Å²) < 4.78 is 0. The molecule has 2 N–H and O–H groups in total.